The van der Waals surface area contributed by atoms with Crippen LogP contribution < -0.4 is 0 Å². The van der Waals surface area contributed by atoms with Crippen molar-refractivity contribution in [2.24, 2.45) is 11.8 Å². The molecule has 1 aliphatic carbocycles. The van der Waals surface area contributed by atoms with Crippen LogP contribution in [0.2, 0.25) is 10.2 Å². The summed E-state index contributed by atoms with van der Waals surface area (Å²) in [5.74, 6) is 1.34. The van der Waals surface area contributed by atoms with E-state index in [-0.39, 0.29) is 5.91 Å². The molecule has 1 aliphatic heterocycles. The maximum atomic E-state index is 12.9. The van der Waals surface area contributed by atoms with E-state index in [9.17, 15) is 4.79 Å². The molecule has 1 amide bonds. The number of fused-ring (bicyclic) bond motifs is 1. The first kappa shape index (κ1) is 15.1. The minimum atomic E-state index is 0.00750. The van der Waals surface area contributed by atoms with Crippen LogP contribution in [-0.4, -0.2) is 28.4 Å². The van der Waals surface area contributed by atoms with Crippen molar-refractivity contribution in [3.8, 4) is 0 Å². The summed E-state index contributed by atoms with van der Waals surface area (Å²) in [6, 6.07) is 1.94. The molecule has 1 saturated heterocycles. The van der Waals surface area contributed by atoms with Gasteiger partial charge >= 0.3 is 0 Å². The smallest absolute Gasteiger partial charge is 0.255 e. The van der Waals surface area contributed by atoms with Crippen LogP contribution in [0.4, 0.5) is 0 Å². The van der Waals surface area contributed by atoms with Crippen LogP contribution >= 0.6 is 23.2 Å². The van der Waals surface area contributed by atoms with E-state index in [2.05, 4.69) is 11.9 Å². The van der Waals surface area contributed by atoms with Crippen LogP contribution in [0.3, 0.4) is 0 Å². The van der Waals surface area contributed by atoms with Gasteiger partial charge < -0.3 is 4.90 Å². The van der Waals surface area contributed by atoms with Gasteiger partial charge in [-0.05, 0) is 37.2 Å². The van der Waals surface area contributed by atoms with E-state index < -0.39 is 0 Å². The van der Waals surface area contributed by atoms with E-state index in [1.165, 1.54) is 25.5 Å². The zero-order valence-electron chi connectivity index (χ0n) is 12.2. The van der Waals surface area contributed by atoms with Gasteiger partial charge in [-0.2, -0.15) is 0 Å². The molecule has 0 radical (unpaired) electrons. The van der Waals surface area contributed by atoms with Crippen molar-refractivity contribution in [3.63, 3.8) is 0 Å². The highest BCUT2D eigenvalue weighted by Gasteiger charge is 2.39. The average Bonchev–Trinajstić information content (AvgIpc) is 2.50. The molecule has 3 unspecified atom stereocenters. The van der Waals surface area contributed by atoms with Crippen LogP contribution in [0.1, 0.15) is 49.4 Å². The Hall–Kier alpha value is -0.800. The lowest BCUT2D eigenvalue weighted by Crippen LogP contribution is -2.52. The van der Waals surface area contributed by atoms with Crippen molar-refractivity contribution in [1.29, 1.82) is 0 Å². The first-order valence-electron chi connectivity index (χ1n) is 7.70. The Balaban J connectivity index is 1.88. The van der Waals surface area contributed by atoms with E-state index in [1.807, 2.05) is 4.90 Å². The quantitative estimate of drug-likeness (QED) is 0.715. The Morgan fingerprint density at radius 2 is 2.05 bits per heavy atom. The van der Waals surface area contributed by atoms with Crippen molar-refractivity contribution in [1.82, 2.24) is 9.88 Å². The summed E-state index contributed by atoms with van der Waals surface area (Å²) in [5, 5.41) is 0.698. The molecule has 114 valence electrons. The molecule has 2 fully saturated rings. The van der Waals surface area contributed by atoms with Gasteiger partial charge in [-0.3, -0.25) is 4.79 Å². The molecule has 1 aromatic heterocycles. The number of pyridine rings is 1. The second-order valence-electron chi connectivity index (χ2n) is 6.27. The minimum Gasteiger partial charge on any atom is -0.335 e. The molecular formula is C16H20Cl2N2O. The number of hydrogen-bond donors (Lipinski definition) is 0. The number of halogens is 2. The van der Waals surface area contributed by atoms with Crippen molar-refractivity contribution in [2.45, 2.75) is 45.1 Å². The third kappa shape index (κ3) is 2.91. The Morgan fingerprint density at radius 1 is 1.29 bits per heavy atom. The summed E-state index contributed by atoms with van der Waals surface area (Å²) < 4.78 is 0. The lowest BCUT2D eigenvalue weighted by molar-refractivity contribution is 0.0218. The normalized spacial score (nSPS) is 29.1. The largest absolute Gasteiger partial charge is 0.335 e. The molecule has 0 bridgehead atoms. The first-order valence-corrected chi connectivity index (χ1v) is 8.45. The van der Waals surface area contributed by atoms with Crippen molar-refractivity contribution in [3.05, 3.63) is 28.0 Å². The number of likely N-dealkylation sites (tertiary alicyclic amines) is 1. The fourth-order valence-corrected chi connectivity index (χ4v) is 4.24. The SMILES string of the molecule is CC1CCN(C(=O)c2cc(Cl)ncc2Cl)C2CCCCC12. The number of piperidine rings is 1. The third-order valence-electron chi connectivity index (χ3n) is 5.05. The molecule has 5 heteroatoms. The van der Waals surface area contributed by atoms with Gasteiger partial charge in [-0.1, -0.05) is 43.0 Å². The summed E-state index contributed by atoms with van der Waals surface area (Å²) in [7, 11) is 0. The number of rotatable bonds is 1. The van der Waals surface area contributed by atoms with Crippen LogP contribution in [0, 0.1) is 11.8 Å². The number of carbonyl (C=O) groups excluding carboxylic acids is 1. The average molecular weight is 327 g/mol. The summed E-state index contributed by atoms with van der Waals surface area (Å²) in [6.45, 7) is 3.14. The molecule has 0 aromatic carbocycles. The third-order valence-corrected chi connectivity index (χ3v) is 5.56. The zero-order valence-corrected chi connectivity index (χ0v) is 13.7. The van der Waals surface area contributed by atoms with Gasteiger partial charge in [0, 0.05) is 18.8 Å². The van der Waals surface area contributed by atoms with Crippen LogP contribution in [-0.2, 0) is 0 Å². The van der Waals surface area contributed by atoms with Crippen molar-refractivity contribution >= 4 is 29.1 Å². The van der Waals surface area contributed by atoms with Gasteiger partial charge in [-0.15, -0.1) is 0 Å². The first-order chi connectivity index (χ1) is 10.1. The van der Waals surface area contributed by atoms with E-state index >= 15 is 0 Å². The molecule has 1 saturated carbocycles. The van der Waals surface area contributed by atoms with E-state index in [0.717, 1.165) is 19.4 Å². The van der Waals surface area contributed by atoms with Crippen LogP contribution in [0.15, 0.2) is 12.3 Å². The van der Waals surface area contributed by atoms with Gasteiger partial charge in [0.15, 0.2) is 0 Å². The van der Waals surface area contributed by atoms with Crippen LogP contribution in [0.25, 0.3) is 0 Å². The summed E-state index contributed by atoms with van der Waals surface area (Å²) in [4.78, 5) is 18.8. The summed E-state index contributed by atoms with van der Waals surface area (Å²) >= 11 is 12.1. The molecule has 0 N–H and O–H groups in total. The molecule has 3 rings (SSSR count). The molecule has 3 atom stereocenters. The molecule has 2 heterocycles. The Labute approximate surface area is 135 Å². The lowest BCUT2D eigenvalue weighted by atomic mass is 9.72. The summed E-state index contributed by atoms with van der Waals surface area (Å²) in [5.41, 5.74) is 0.482. The molecular weight excluding hydrogens is 307 g/mol. The molecule has 3 nitrogen and oxygen atoms in total. The highest BCUT2D eigenvalue weighted by atomic mass is 35.5. The van der Waals surface area contributed by atoms with Gasteiger partial charge in [0.2, 0.25) is 0 Å². The maximum Gasteiger partial charge on any atom is 0.255 e. The Bertz CT molecular complexity index is 549. The van der Waals surface area contributed by atoms with Gasteiger partial charge in [-0.25, -0.2) is 4.98 Å². The number of carbonyl (C=O) groups is 1. The standard InChI is InChI=1S/C16H20Cl2N2O/c1-10-6-7-20(14-5-3-2-4-11(10)14)16(21)12-8-15(18)19-9-13(12)17/h8-11,14H,2-7H2,1H3. The van der Waals surface area contributed by atoms with Crippen molar-refractivity contribution < 1.29 is 4.79 Å². The highest BCUT2D eigenvalue weighted by Crippen LogP contribution is 2.39. The van der Waals surface area contributed by atoms with E-state index in [0.29, 0.717) is 33.6 Å². The number of nitrogens with zero attached hydrogens (tertiary/aromatic N) is 2. The van der Waals surface area contributed by atoms with Crippen LogP contribution in [0.5, 0.6) is 0 Å². The highest BCUT2D eigenvalue weighted by molar-refractivity contribution is 6.35. The number of hydrogen-bond acceptors (Lipinski definition) is 2. The number of amides is 1. The van der Waals surface area contributed by atoms with Gasteiger partial charge in [0.05, 0.1) is 10.6 Å². The zero-order chi connectivity index (χ0) is 15.0. The summed E-state index contributed by atoms with van der Waals surface area (Å²) in [6.07, 6.45) is 7.38. The Morgan fingerprint density at radius 3 is 2.86 bits per heavy atom. The van der Waals surface area contributed by atoms with E-state index in [4.69, 9.17) is 23.2 Å². The fourth-order valence-electron chi connectivity index (χ4n) is 3.90. The fraction of sp³-hybridized carbons (Fsp3) is 0.625. The molecule has 0 spiro atoms. The topological polar surface area (TPSA) is 33.2 Å². The Kier molecular flexibility index (Phi) is 4.41. The minimum absolute atomic E-state index is 0.00750. The van der Waals surface area contributed by atoms with Crippen molar-refractivity contribution in [2.75, 3.05) is 6.54 Å². The predicted octanol–water partition coefficient (Wildman–Crippen LogP) is 4.43. The predicted molar refractivity (Wildman–Crippen MR) is 84.8 cm³/mol. The van der Waals surface area contributed by atoms with E-state index in [1.54, 1.807) is 6.07 Å². The maximum absolute atomic E-state index is 12.9. The van der Waals surface area contributed by atoms with Gasteiger partial charge in [0.25, 0.3) is 5.91 Å². The second-order valence-corrected chi connectivity index (χ2v) is 7.06. The number of aromatic nitrogens is 1. The lowest BCUT2D eigenvalue weighted by Gasteiger charge is -2.47. The molecule has 21 heavy (non-hydrogen) atoms. The second kappa shape index (κ2) is 6.13. The monoisotopic (exact) mass is 326 g/mol. The molecule has 2 aliphatic rings. The van der Waals surface area contributed by atoms with Gasteiger partial charge in [0.1, 0.15) is 5.15 Å². The molecule has 1 aromatic rings.